The van der Waals surface area contributed by atoms with E-state index in [-0.39, 0.29) is 22.5 Å². The summed E-state index contributed by atoms with van der Waals surface area (Å²) in [5, 5.41) is 1.15. The molecule has 1 N–H and O–H groups in total. The van der Waals surface area contributed by atoms with Crippen LogP contribution in [0.5, 0.6) is 5.75 Å². The zero-order valence-electron chi connectivity index (χ0n) is 22.2. The van der Waals surface area contributed by atoms with Gasteiger partial charge in [0.05, 0.1) is 22.1 Å². The van der Waals surface area contributed by atoms with Gasteiger partial charge in [0.15, 0.2) is 0 Å². The van der Waals surface area contributed by atoms with Crippen LogP contribution >= 0.6 is 0 Å². The Morgan fingerprint density at radius 1 is 0.950 bits per heavy atom. The van der Waals surface area contributed by atoms with E-state index in [1.54, 1.807) is 12.1 Å². The number of hydrogen-bond donors (Lipinski definition) is 1. The normalized spacial score (nSPS) is 37.8. The first kappa shape index (κ1) is 26.0. The smallest absolute Gasteiger partial charge is 0.315 e. The molecule has 0 aromatic heterocycles. The van der Waals surface area contributed by atoms with E-state index < -0.39 is 51.5 Å². The molecule has 0 spiro atoms. The van der Waals surface area contributed by atoms with Gasteiger partial charge in [-0.25, -0.2) is 0 Å². The summed E-state index contributed by atoms with van der Waals surface area (Å²) in [5.41, 5.74) is -0.501. The maximum Gasteiger partial charge on any atom is 0.315 e. The molecular formula is C30H32O9S. The van der Waals surface area contributed by atoms with E-state index in [2.05, 4.69) is 0 Å². The van der Waals surface area contributed by atoms with Crippen molar-refractivity contribution in [3.63, 3.8) is 0 Å². The second-order valence-electron chi connectivity index (χ2n) is 12.9. The van der Waals surface area contributed by atoms with Crippen LogP contribution in [0.3, 0.4) is 0 Å². The molecule has 1 saturated heterocycles. The molecule has 5 saturated carbocycles. The van der Waals surface area contributed by atoms with Crippen LogP contribution in [0.25, 0.3) is 10.8 Å². The molecule has 2 aromatic carbocycles. The van der Waals surface area contributed by atoms with E-state index in [4.69, 9.17) is 14.2 Å². The van der Waals surface area contributed by atoms with Crippen molar-refractivity contribution in [2.75, 3.05) is 0 Å². The molecule has 5 atom stereocenters. The molecular weight excluding hydrogens is 536 g/mol. The lowest BCUT2D eigenvalue weighted by Crippen LogP contribution is -2.53. The minimum Gasteiger partial charge on any atom is -0.426 e. The van der Waals surface area contributed by atoms with Crippen LogP contribution < -0.4 is 4.74 Å². The van der Waals surface area contributed by atoms with E-state index in [0.29, 0.717) is 34.9 Å². The Bertz CT molecular complexity index is 1490. The first-order valence-electron chi connectivity index (χ1n) is 14.1. The summed E-state index contributed by atoms with van der Waals surface area (Å²) in [5.74, 6) is -1.57. The van der Waals surface area contributed by atoms with Crippen molar-refractivity contribution < 1.29 is 41.6 Å². The average molecular weight is 569 g/mol. The third-order valence-electron chi connectivity index (χ3n) is 10.2. The third kappa shape index (κ3) is 4.22. The summed E-state index contributed by atoms with van der Waals surface area (Å²) in [4.78, 5) is 40.0. The fourth-order valence-corrected chi connectivity index (χ4v) is 9.43. The lowest BCUT2D eigenvalue weighted by Gasteiger charge is -2.55. The summed E-state index contributed by atoms with van der Waals surface area (Å²) in [6.07, 6.45) is 5.47. The second kappa shape index (κ2) is 9.01. The zero-order chi connectivity index (χ0) is 28.0. The molecule has 10 heteroatoms. The number of rotatable bonds is 5. The van der Waals surface area contributed by atoms with Crippen molar-refractivity contribution in [1.29, 1.82) is 0 Å². The van der Waals surface area contributed by atoms with E-state index in [0.717, 1.165) is 19.3 Å². The minimum atomic E-state index is -4.35. The summed E-state index contributed by atoms with van der Waals surface area (Å²) >= 11 is 0. The summed E-state index contributed by atoms with van der Waals surface area (Å²) in [7, 11) is -4.35. The standard InChI is InChI=1S/C30H32O9S/c1-15-6-23-25(27(32)37-21-4-2-20-11-22(40(34,35)36)5-3-19(20)10-21)24(15)26(31)38-28(23)39-29(33)30-12-16-7-17(13-30)9-18(8-16)14-30/h2-5,10-11,15-18,23-25,28H,6-9,12-14H2,1H3,(H,34,35,36)/t15-,16?,17?,18?,23?,24?,25?,28?,30?/m0/s1. The maximum atomic E-state index is 13.6. The molecule has 212 valence electrons. The molecule has 2 aromatic rings. The molecule has 1 heterocycles. The van der Waals surface area contributed by atoms with Crippen LogP contribution in [0.4, 0.5) is 0 Å². The molecule has 9 nitrogen and oxygen atoms in total. The van der Waals surface area contributed by atoms with Crippen molar-refractivity contribution in [2.45, 2.75) is 63.1 Å². The first-order chi connectivity index (χ1) is 19.0. The Morgan fingerprint density at radius 3 is 2.23 bits per heavy atom. The zero-order valence-corrected chi connectivity index (χ0v) is 23.0. The van der Waals surface area contributed by atoms with Crippen molar-refractivity contribution >= 4 is 38.8 Å². The second-order valence-corrected chi connectivity index (χ2v) is 14.3. The van der Waals surface area contributed by atoms with Gasteiger partial charge in [-0.3, -0.25) is 18.9 Å². The van der Waals surface area contributed by atoms with Crippen molar-refractivity contribution in [1.82, 2.24) is 0 Å². The fourth-order valence-electron chi connectivity index (χ4n) is 8.92. The Balaban J connectivity index is 1.10. The van der Waals surface area contributed by atoms with E-state index in [1.807, 2.05) is 6.92 Å². The molecule has 5 aliphatic carbocycles. The molecule has 1 aliphatic heterocycles. The molecule has 6 bridgehead atoms. The van der Waals surface area contributed by atoms with Gasteiger partial charge in [-0.1, -0.05) is 19.1 Å². The summed E-state index contributed by atoms with van der Waals surface area (Å²) < 4.78 is 49.6. The monoisotopic (exact) mass is 568 g/mol. The molecule has 6 aliphatic rings. The van der Waals surface area contributed by atoms with Crippen LogP contribution in [0.15, 0.2) is 41.3 Å². The van der Waals surface area contributed by atoms with Gasteiger partial charge in [0.25, 0.3) is 16.4 Å². The van der Waals surface area contributed by atoms with E-state index in [9.17, 15) is 27.4 Å². The highest BCUT2D eigenvalue weighted by atomic mass is 32.2. The number of carbonyl (C=O) groups is 3. The van der Waals surface area contributed by atoms with E-state index in [1.165, 1.54) is 43.5 Å². The Kier molecular flexibility index (Phi) is 5.85. The van der Waals surface area contributed by atoms with Gasteiger partial charge >= 0.3 is 17.9 Å². The third-order valence-corrected chi connectivity index (χ3v) is 11.1. The number of hydrogen-bond acceptors (Lipinski definition) is 8. The van der Waals surface area contributed by atoms with Crippen molar-refractivity contribution in [3.05, 3.63) is 36.4 Å². The number of fused-ring (bicyclic) bond motifs is 3. The molecule has 0 amide bonds. The van der Waals surface area contributed by atoms with Crippen LogP contribution in [-0.4, -0.2) is 37.2 Å². The predicted octanol–water partition coefficient (Wildman–Crippen LogP) is 4.52. The van der Waals surface area contributed by atoms with Gasteiger partial charge < -0.3 is 14.2 Å². The topological polar surface area (TPSA) is 133 Å². The van der Waals surface area contributed by atoms with Crippen LogP contribution in [0.1, 0.15) is 51.9 Å². The van der Waals surface area contributed by atoms with E-state index >= 15 is 0 Å². The Hall–Kier alpha value is -2.98. The van der Waals surface area contributed by atoms with Crippen molar-refractivity contribution in [3.8, 4) is 5.75 Å². The van der Waals surface area contributed by atoms with Crippen molar-refractivity contribution in [2.24, 2.45) is 46.8 Å². The Morgan fingerprint density at radius 2 is 1.57 bits per heavy atom. The highest BCUT2D eigenvalue weighted by molar-refractivity contribution is 7.85. The summed E-state index contributed by atoms with van der Waals surface area (Å²) in [6.45, 7) is 1.90. The SMILES string of the molecule is C[C@H]1CC2C(OC(=O)C34CC5CC(CC(C5)C3)C4)OC(=O)C1C2C(=O)Oc1ccc2cc(S(=O)(=O)O)ccc2c1. The predicted molar refractivity (Wildman–Crippen MR) is 140 cm³/mol. The number of carbonyl (C=O) groups excluding carboxylic acids is 3. The highest BCUT2D eigenvalue weighted by Gasteiger charge is 2.61. The largest absolute Gasteiger partial charge is 0.426 e. The lowest BCUT2D eigenvalue weighted by molar-refractivity contribution is -0.227. The van der Waals surface area contributed by atoms with Gasteiger partial charge in [-0.2, -0.15) is 8.42 Å². The number of ether oxygens (including phenoxy) is 3. The summed E-state index contributed by atoms with van der Waals surface area (Å²) in [6, 6.07) is 8.83. The number of benzene rings is 2. The van der Waals surface area contributed by atoms with Gasteiger partial charge in [-0.15, -0.1) is 0 Å². The van der Waals surface area contributed by atoms with Gasteiger partial charge in [-0.05, 0) is 104 Å². The number of cyclic esters (lactones) is 1. The maximum absolute atomic E-state index is 13.6. The minimum absolute atomic E-state index is 0.131. The van der Waals surface area contributed by atoms with Gasteiger partial charge in [0.2, 0.25) is 0 Å². The van der Waals surface area contributed by atoms with Gasteiger partial charge in [0, 0.05) is 5.92 Å². The molecule has 6 fully saturated rings. The fraction of sp³-hybridized carbons (Fsp3) is 0.567. The van der Waals surface area contributed by atoms with Crippen LogP contribution in [-0.2, 0) is 34.0 Å². The van der Waals surface area contributed by atoms with Gasteiger partial charge in [0.1, 0.15) is 5.75 Å². The quantitative estimate of drug-likeness (QED) is 0.314. The first-order valence-corrected chi connectivity index (χ1v) is 15.6. The lowest BCUT2D eigenvalue weighted by atomic mass is 9.49. The molecule has 4 unspecified atom stereocenters. The van der Waals surface area contributed by atoms with Crippen LogP contribution in [0, 0.1) is 46.8 Å². The molecule has 8 rings (SSSR count). The van der Waals surface area contributed by atoms with Crippen LogP contribution in [0.2, 0.25) is 0 Å². The average Bonchev–Trinajstić information content (AvgIpc) is 3.18. The highest BCUT2D eigenvalue weighted by Crippen LogP contribution is 2.61. The number of esters is 3. The Labute approximate surface area is 232 Å². The molecule has 40 heavy (non-hydrogen) atoms. The molecule has 0 radical (unpaired) electrons.